The lowest BCUT2D eigenvalue weighted by atomic mass is 9.91. The van der Waals surface area contributed by atoms with Crippen molar-refractivity contribution in [2.75, 3.05) is 5.75 Å². The van der Waals surface area contributed by atoms with Crippen LogP contribution >= 0.6 is 11.8 Å². The molecule has 61 heavy (non-hydrogen) atoms. The number of hydrogen-bond donors (Lipinski definition) is 4. The molecule has 7 rings (SSSR count). The zero-order valence-corrected chi connectivity index (χ0v) is 35.3. The number of sulfonamides is 1. The van der Waals surface area contributed by atoms with Gasteiger partial charge < -0.3 is 25.0 Å². The van der Waals surface area contributed by atoms with Crippen LogP contribution in [0.25, 0.3) is 11.1 Å². The highest BCUT2D eigenvalue weighted by molar-refractivity contribution is 7.99. The standard InChI is InChI=1S/C48H47N3O8S2/c1-31-14-24-39(25-15-31)61(56,57)51-42(27-33-9-4-3-5-10-33)45(53)50-28-38-11-6-7-12-40(38)35-20-22-37(23-21-35)48-58-43(30-60-46-41(47(54)55)13-8-26-49-46)32(2)44(59-48)36-18-16-34(29-52)17-19-36/h3-26,32,42-44,48,51-52H,27-30H2,1-2H3,(H,50,53)(H,54,55)/t32-,42+,43+,44+,48+/m0/s1. The third kappa shape index (κ3) is 10.8. The van der Waals surface area contributed by atoms with Gasteiger partial charge in [-0.2, -0.15) is 4.72 Å². The van der Waals surface area contributed by atoms with Crippen LogP contribution in [0.15, 0.2) is 156 Å². The molecule has 0 bridgehead atoms. The third-order valence-electron chi connectivity index (χ3n) is 10.7. The van der Waals surface area contributed by atoms with Gasteiger partial charge in [-0.3, -0.25) is 4.79 Å². The molecule has 0 radical (unpaired) electrons. The molecule has 6 aromatic rings. The van der Waals surface area contributed by atoms with Gasteiger partial charge in [0, 0.05) is 30.0 Å². The zero-order valence-electron chi connectivity index (χ0n) is 33.7. The summed E-state index contributed by atoms with van der Waals surface area (Å²) in [4.78, 5) is 30.1. The number of benzene rings is 5. The molecule has 0 unspecified atom stereocenters. The Labute approximate surface area is 360 Å². The number of hydrogen-bond acceptors (Lipinski definition) is 9. The number of nitrogens with zero attached hydrogens (tertiary/aromatic N) is 1. The first-order chi connectivity index (χ1) is 29.5. The minimum Gasteiger partial charge on any atom is -0.478 e. The largest absolute Gasteiger partial charge is 0.478 e. The molecule has 1 amide bonds. The van der Waals surface area contributed by atoms with E-state index in [2.05, 4.69) is 15.0 Å². The number of aliphatic hydroxyl groups is 1. The lowest BCUT2D eigenvalue weighted by molar-refractivity contribution is -0.268. The number of aromatic carboxylic acids is 1. The SMILES string of the molecule is Cc1ccc(S(=O)(=O)N[C@H](Cc2ccccc2)C(=O)NCc2ccccc2-c2ccc([C@@H]3O[C@H](CSc4ncccc4C(=O)O)[C@H](C)[C@H](c4ccc(CO)cc4)O3)cc2)cc1. The van der Waals surface area contributed by atoms with Gasteiger partial charge in [-0.05, 0) is 71.0 Å². The second-order valence-electron chi connectivity index (χ2n) is 15.0. The molecule has 5 atom stereocenters. The van der Waals surface area contributed by atoms with E-state index in [0.717, 1.165) is 44.5 Å². The van der Waals surface area contributed by atoms with Crippen LogP contribution in [0.1, 0.15) is 63.1 Å². The van der Waals surface area contributed by atoms with Crippen LogP contribution in [-0.2, 0) is 43.9 Å². The predicted molar refractivity (Wildman–Crippen MR) is 234 cm³/mol. The van der Waals surface area contributed by atoms with Crippen molar-refractivity contribution < 1.29 is 37.7 Å². The van der Waals surface area contributed by atoms with Crippen LogP contribution in [0.4, 0.5) is 0 Å². The van der Waals surface area contributed by atoms with Gasteiger partial charge in [0.05, 0.1) is 29.3 Å². The molecule has 2 heterocycles. The predicted octanol–water partition coefficient (Wildman–Crippen LogP) is 8.04. The quantitative estimate of drug-likeness (QED) is 0.0701. The maximum atomic E-state index is 13.8. The number of aryl methyl sites for hydroxylation is 1. The van der Waals surface area contributed by atoms with E-state index >= 15 is 0 Å². The molecule has 314 valence electrons. The maximum absolute atomic E-state index is 13.8. The average molecular weight is 858 g/mol. The summed E-state index contributed by atoms with van der Waals surface area (Å²) in [6.07, 6.45) is 0.278. The minimum atomic E-state index is -4.00. The summed E-state index contributed by atoms with van der Waals surface area (Å²) >= 11 is 1.33. The number of pyridine rings is 1. The van der Waals surface area contributed by atoms with E-state index in [9.17, 15) is 28.2 Å². The van der Waals surface area contributed by atoms with Crippen molar-refractivity contribution in [1.29, 1.82) is 0 Å². The van der Waals surface area contributed by atoms with Crippen molar-refractivity contribution in [3.05, 3.63) is 185 Å². The van der Waals surface area contributed by atoms with E-state index < -0.39 is 34.2 Å². The lowest BCUT2D eigenvalue weighted by Gasteiger charge is -2.41. The number of carboxylic acids is 1. The number of carboxylic acid groups (broad SMARTS) is 1. The molecule has 1 saturated heterocycles. The fourth-order valence-corrected chi connectivity index (χ4v) is 9.58. The summed E-state index contributed by atoms with van der Waals surface area (Å²) in [7, 11) is -4.00. The molecule has 13 heteroatoms. The Kier molecular flexibility index (Phi) is 14.1. The third-order valence-corrected chi connectivity index (χ3v) is 13.3. The number of aromatic nitrogens is 1. The zero-order chi connectivity index (χ0) is 42.9. The van der Waals surface area contributed by atoms with E-state index in [-0.39, 0.29) is 48.2 Å². The molecule has 5 aromatic carbocycles. The van der Waals surface area contributed by atoms with Crippen LogP contribution in [0, 0.1) is 12.8 Å². The fourth-order valence-electron chi connectivity index (χ4n) is 7.23. The van der Waals surface area contributed by atoms with Crippen molar-refractivity contribution in [3.8, 4) is 11.1 Å². The number of ether oxygens (including phenoxy) is 2. The Morgan fingerprint density at radius 2 is 1.49 bits per heavy atom. The maximum Gasteiger partial charge on any atom is 0.338 e. The van der Waals surface area contributed by atoms with Gasteiger partial charge >= 0.3 is 5.97 Å². The number of carbonyl (C=O) groups excluding carboxylic acids is 1. The van der Waals surface area contributed by atoms with Gasteiger partial charge in [-0.25, -0.2) is 18.2 Å². The van der Waals surface area contributed by atoms with Crippen LogP contribution < -0.4 is 10.0 Å². The van der Waals surface area contributed by atoms with E-state index in [0.29, 0.717) is 10.8 Å². The summed E-state index contributed by atoms with van der Waals surface area (Å²) in [5.74, 6) is -1.19. The Bertz CT molecular complexity index is 2540. The first-order valence-electron chi connectivity index (χ1n) is 19.9. The molecule has 1 fully saturated rings. The Balaban J connectivity index is 1.09. The topological polar surface area (TPSA) is 164 Å². The number of rotatable bonds is 16. The Morgan fingerprint density at radius 1 is 0.803 bits per heavy atom. The molecule has 0 saturated carbocycles. The summed E-state index contributed by atoms with van der Waals surface area (Å²) in [6.45, 7) is 4.00. The highest BCUT2D eigenvalue weighted by Crippen LogP contribution is 2.43. The van der Waals surface area contributed by atoms with Gasteiger partial charge in [0.2, 0.25) is 15.9 Å². The first-order valence-corrected chi connectivity index (χ1v) is 22.4. The molecule has 1 aliphatic heterocycles. The summed E-state index contributed by atoms with van der Waals surface area (Å²) in [5.41, 5.74) is 6.96. The lowest BCUT2D eigenvalue weighted by Crippen LogP contribution is -2.47. The number of aliphatic hydroxyl groups excluding tert-OH is 1. The molecular formula is C48H47N3O8S2. The van der Waals surface area contributed by atoms with Crippen LogP contribution in [0.3, 0.4) is 0 Å². The van der Waals surface area contributed by atoms with Crippen LogP contribution in [0.5, 0.6) is 0 Å². The highest BCUT2D eigenvalue weighted by Gasteiger charge is 2.38. The number of carbonyl (C=O) groups is 2. The number of thioether (sulfide) groups is 1. The monoisotopic (exact) mass is 857 g/mol. The molecular weight excluding hydrogens is 811 g/mol. The highest BCUT2D eigenvalue weighted by atomic mass is 32.2. The van der Waals surface area contributed by atoms with Gasteiger partial charge in [-0.1, -0.05) is 128 Å². The van der Waals surface area contributed by atoms with Gasteiger partial charge in [-0.15, -0.1) is 11.8 Å². The normalized spacial score (nSPS) is 18.3. The van der Waals surface area contributed by atoms with Crippen molar-refractivity contribution in [2.45, 2.75) is 67.9 Å². The molecule has 11 nitrogen and oxygen atoms in total. The average Bonchev–Trinajstić information content (AvgIpc) is 3.28. The van der Waals surface area contributed by atoms with Crippen molar-refractivity contribution >= 4 is 33.7 Å². The van der Waals surface area contributed by atoms with Crippen molar-refractivity contribution in [1.82, 2.24) is 15.0 Å². The second kappa shape index (κ2) is 19.8. The first kappa shape index (κ1) is 43.4. The number of nitrogens with one attached hydrogen (secondary N) is 2. The molecule has 1 aliphatic rings. The molecule has 4 N–H and O–H groups in total. The summed E-state index contributed by atoms with van der Waals surface area (Å²) in [6, 6.07) is 41.0. The minimum absolute atomic E-state index is 0.0744. The van der Waals surface area contributed by atoms with Gasteiger partial charge in [0.1, 0.15) is 11.1 Å². The summed E-state index contributed by atoms with van der Waals surface area (Å²) in [5, 5.41) is 22.8. The Hall–Kier alpha value is -5.67. The second-order valence-corrected chi connectivity index (χ2v) is 17.7. The van der Waals surface area contributed by atoms with E-state index in [4.69, 9.17) is 9.47 Å². The van der Waals surface area contributed by atoms with E-state index in [1.54, 1.807) is 24.4 Å². The van der Waals surface area contributed by atoms with Crippen LogP contribution in [0.2, 0.25) is 0 Å². The number of amides is 1. The van der Waals surface area contributed by atoms with E-state index in [1.165, 1.54) is 30.0 Å². The van der Waals surface area contributed by atoms with Crippen molar-refractivity contribution in [3.63, 3.8) is 0 Å². The smallest absolute Gasteiger partial charge is 0.338 e. The van der Waals surface area contributed by atoms with Gasteiger partial charge in [0.15, 0.2) is 6.29 Å². The molecule has 1 aromatic heterocycles. The fraction of sp³-hybridized carbons (Fsp3) is 0.229. The van der Waals surface area contributed by atoms with Crippen LogP contribution in [-0.4, -0.2) is 53.4 Å². The van der Waals surface area contributed by atoms with Gasteiger partial charge in [0.25, 0.3) is 0 Å². The summed E-state index contributed by atoms with van der Waals surface area (Å²) < 4.78 is 42.8. The van der Waals surface area contributed by atoms with Crippen molar-refractivity contribution in [2.24, 2.45) is 5.92 Å². The van der Waals surface area contributed by atoms with E-state index in [1.807, 2.05) is 117 Å². The molecule has 0 aliphatic carbocycles. The Morgan fingerprint density at radius 3 is 2.20 bits per heavy atom. The molecule has 0 spiro atoms.